The van der Waals surface area contributed by atoms with E-state index in [1.807, 2.05) is 17.0 Å². The smallest absolute Gasteiger partial charge is 0.249 e. The van der Waals surface area contributed by atoms with Crippen molar-refractivity contribution in [3.05, 3.63) is 80.7 Å². The Hall–Kier alpha value is -2.92. The van der Waals surface area contributed by atoms with E-state index in [4.69, 9.17) is 9.73 Å². The molecule has 1 aliphatic heterocycles. The van der Waals surface area contributed by atoms with Gasteiger partial charge in [-0.15, -0.1) is 11.3 Å². The van der Waals surface area contributed by atoms with Gasteiger partial charge in [-0.25, -0.2) is 0 Å². The molecule has 0 N–H and O–H groups in total. The molecule has 0 unspecified atom stereocenters. The van der Waals surface area contributed by atoms with Gasteiger partial charge in [0.05, 0.1) is 19.4 Å². The van der Waals surface area contributed by atoms with Gasteiger partial charge in [0, 0.05) is 16.0 Å². The van der Waals surface area contributed by atoms with Crippen LogP contribution < -0.4 is 9.64 Å². The molecule has 4 nitrogen and oxygen atoms in total. The van der Waals surface area contributed by atoms with Crippen LogP contribution in [0.2, 0.25) is 0 Å². The SMILES string of the molecule is COc1ccc(C2=NCC(=O)N(Cc3cc(C)ccc3C)c3sc4c(c32)CCCC4)cc1. The highest BCUT2D eigenvalue weighted by atomic mass is 32.1. The van der Waals surface area contributed by atoms with Crippen molar-refractivity contribution >= 4 is 28.0 Å². The van der Waals surface area contributed by atoms with Crippen LogP contribution in [0.5, 0.6) is 5.75 Å². The Kier molecular flexibility index (Phi) is 5.60. The lowest BCUT2D eigenvalue weighted by Gasteiger charge is -2.22. The van der Waals surface area contributed by atoms with Crippen LogP contribution in [0.4, 0.5) is 5.00 Å². The van der Waals surface area contributed by atoms with Gasteiger partial charge in [-0.1, -0.05) is 23.8 Å². The van der Waals surface area contributed by atoms with Crippen LogP contribution in [0, 0.1) is 13.8 Å². The monoisotopic (exact) mass is 444 g/mol. The molecule has 164 valence electrons. The first-order valence-corrected chi connectivity index (χ1v) is 12.1. The summed E-state index contributed by atoms with van der Waals surface area (Å²) in [5, 5.41) is 1.06. The minimum Gasteiger partial charge on any atom is -0.497 e. The summed E-state index contributed by atoms with van der Waals surface area (Å²) in [7, 11) is 1.68. The van der Waals surface area contributed by atoms with Gasteiger partial charge in [-0.05, 0) is 80.5 Å². The van der Waals surface area contributed by atoms with Crippen molar-refractivity contribution in [2.75, 3.05) is 18.6 Å². The minimum absolute atomic E-state index is 0.0641. The zero-order valence-corrected chi connectivity index (χ0v) is 19.7. The maximum atomic E-state index is 13.4. The normalized spacial score (nSPS) is 15.7. The van der Waals surface area contributed by atoms with E-state index >= 15 is 0 Å². The van der Waals surface area contributed by atoms with Gasteiger partial charge >= 0.3 is 0 Å². The van der Waals surface area contributed by atoms with Crippen molar-refractivity contribution in [2.24, 2.45) is 4.99 Å². The second kappa shape index (κ2) is 8.55. The summed E-state index contributed by atoms with van der Waals surface area (Å²) in [5.41, 5.74) is 8.18. The van der Waals surface area contributed by atoms with E-state index in [1.165, 1.54) is 45.5 Å². The number of hydrogen-bond acceptors (Lipinski definition) is 4. The number of aryl methyl sites for hydroxylation is 3. The lowest BCUT2D eigenvalue weighted by Crippen LogP contribution is -2.31. The number of anilines is 1. The molecule has 2 aliphatic rings. The Morgan fingerprint density at radius 2 is 1.84 bits per heavy atom. The largest absolute Gasteiger partial charge is 0.497 e. The average Bonchev–Trinajstić information content (AvgIpc) is 3.13. The Morgan fingerprint density at radius 1 is 1.06 bits per heavy atom. The minimum atomic E-state index is 0.0641. The Morgan fingerprint density at radius 3 is 2.62 bits per heavy atom. The van der Waals surface area contributed by atoms with Crippen molar-refractivity contribution in [3.63, 3.8) is 0 Å². The standard InChI is InChI=1S/C27H28N2O2S/c1-17-8-9-18(2)20(14-17)16-29-24(30)15-28-26(19-10-12-21(31-3)13-11-19)25-22-6-4-5-7-23(22)32-27(25)29/h8-14H,4-7,15-16H2,1-3H3. The summed E-state index contributed by atoms with van der Waals surface area (Å²) in [4.78, 5) is 21.7. The highest BCUT2D eigenvalue weighted by Gasteiger charge is 2.32. The molecule has 3 aromatic rings. The number of ether oxygens (including phenoxy) is 1. The summed E-state index contributed by atoms with van der Waals surface area (Å²) in [6.45, 7) is 4.98. The Balaban J connectivity index is 1.64. The molecule has 1 aliphatic carbocycles. The van der Waals surface area contributed by atoms with Gasteiger partial charge in [0.2, 0.25) is 5.91 Å². The molecule has 0 saturated heterocycles. The summed E-state index contributed by atoms with van der Waals surface area (Å²) in [6.07, 6.45) is 4.56. The lowest BCUT2D eigenvalue weighted by atomic mass is 9.91. The van der Waals surface area contributed by atoms with E-state index in [1.54, 1.807) is 18.4 Å². The van der Waals surface area contributed by atoms with Crippen molar-refractivity contribution < 1.29 is 9.53 Å². The number of thiophene rings is 1. The molecular formula is C27H28N2O2S. The highest BCUT2D eigenvalue weighted by Crippen LogP contribution is 2.43. The first kappa shape index (κ1) is 21.0. The number of nitrogens with zero attached hydrogens (tertiary/aromatic N) is 2. The molecule has 5 rings (SSSR count). The van der Waals surface area contributed by atoms with E-state index in [0.29, 0.717) is 6.54 Å². The molecule has 32 heavy (non-hydrogen) atoms. The van der Waals surface area contributed by atoms with Crippen LogP contribution >= 0.6 is 11.3 Å². The summed E-state index contributed by atoms with van der Waals surface area (Å²) in [5.74, 6) is 0.887. The molecule has 0 saturated carbocycles. The third kappa shape index (κ3) is 3.75. The fourth-order valence-corrected chi connectivity index (χ4v) is 6.10. The molecular weight excluding hydrogens is 416 g/mol. The van der Waals surface area contributed by atoms with Gasteiger partial charge in [-0.3, -0.25) is 14.7 Å². The number of carbonyl (C=O) groups is 1. The van der Waals surface area contributed by atoms with Gasteiger partial charge in [0.1, 0.15) is 17.3 Å². The average molecular weight is 445 g/mol. The molecule has 1 amide bonds. The number of rotatable bonds is 4. The Bertz CT molecular complexity index is 1210. The third-order valence-electron chi connectivity index (χ3n) is 6.50. The van der Waals surface area contributed by atoms with E-state index < -0.39 is 0 Å². The van der Waals surface area contributed by atoms with Crippen molar-refractivity contribution in [3.8, 4) is 5.75 Å². The zero-order chi connectivity index (χ0) is 22.2. The molecule has 0 bridgehead atoms. The van der Waals surface area contributed by atoms with E-state index in [2.05, 4.69) is 44.2 Å². The van der Waals surface area contributed by atoms with Gasteiger partial charge in [0.25, 0.3) is 0 Å². The van der Waals surface area contributed by atoms with Gasteiger partial charge in [-0.2, -0.15) is 0 Å². The van der Waals surface area contributed by atoms with Crippen molar-refractivity contribution in [2.45, 2.75) is 46.1 Å². The second-order valence-electron chi connectivity index (χ2n) is 8.69. The molecule has 1 aromatic heterocycles. The highest BCUT2D eigenvalue weighted by molar-refractivity contribution is 7.17. The predicted molar refractivity (Wildman–Crippen MR) is 132 cm³/mol. The number of hydrogen-bond donors (Lipinski definition) is 0. The number of aliphatic imine (C=N–C) groups is 1. The predicted octanol–water partition coefficient (Wildman–Crippen LogP) is 5.64. The quantitative estimate of drug-likeness (QED) is 0.523. The molecule has 0 atom stereocenters. The first-order chi connectivity index (χ1) is 15.5. The number of benzene rings is 2. The van der Waals surface area contributed by atoms with Gasteiger partial charge in [0.15, 0.2) is 0 Å². The molecule has 5 heteroatoms. The lowest BCUT2D eigenvalue weighted by molar-refractivity contribution is -0.117. The second-order valence-corrected chi connectivity index (χ2v) is 9.78. The summed E-state index contributed by atoms with van der Waals surface area (Å²) in [6, 6.07) is 14.5. The zero-order valence-electron chi connectivity index (χ0n) is 18.9. The topological polar surface area (TPSA) is 41.9 Å². The molecule has 0 spiro atoms. The molecule has 2 aromatic carbocycles. The summed E-state index contributed by atoms with van der Waals surface area (Å²) >= 11 is 1.80. The van der Waals surface area contributed by atoms with Crippen LogP contribution in [0.3, 0.4) is 0 Å². The van der Waals surface area contributed by atoms with Crippen LogP contribution in [-0.4, -0.2) is 25.3 Å². The molecule has 0 fully saturated rings. The van der Waals surface area contributed by atoms with Crippen LogP contribution in [-0.2, 0) is 24.2 Å². The first-order valence-electron chi connectivity index (χ1n) is 11.3. The third-order valence-corrected chi connectivity index (χ3v) is 7.82. The van der Waals surface area contributed by atoms with Crippen molar-refractivity contribution in [1.82, 2.24) is 0 Å². The fraction of sp³-hybridized carbons (Fsp3) is 0.333. The molecule has 2 heterocycles. The number of amides is 1. The maximum Gasteiger partial charge on any atom is 0.249 e. The van der Waals surface area contributed by atoms with Crippen LogP contribution in [0.1, 0.15) is 51.1 Å². The Labute approximate surface area is 193 Å². The number of fused-ring (bicyclic) bond motifs is 3. The van der Waals surface area contributed by atoms with Crippen LogP contribution in [0.25, 0.3) is 0 Å². The number of methoxy groups -OCH3 is 1. The van der Waals surface area contributed by atoms with Crippen LogP contribution in [0.15, 0.2) is 47.5 Å². The fourth-order valence-electron chi connectivity index (χ4n) is 4.70. The van der Waals surface area contributed by atoms with E-state index in [-0.39, 0.29) is 12.5 Å². The van der Waals surface area contributed by atoms with Crippen molar-refractivity contribution in [1.29, 1.82) is 0 Å². The number of carbonyl (C=O) groups excluding carboxylic acids is 1. The van der Waals surface area contributed by atoms with Gasteiger partial charge < -0.3 is 4.74 Å². The maximum absolute atomic E-state index is 13.4. The molecule has 0 radical (unpaired) electrons. The van der Waals surface area contributed by atoms with E-state index in [0.717, 1.165) is 34.9 Å². The summed E-state index contributed by atoms with van der Waals surface area (Å²) < 4.78 is 5.35. The van der Waals surface area contributed by atoms with E-state index in [9.17, 15) is 4.79 Å².